The van der Waals surface area contributed by atoms with Crippen LogP contribution in [-0.4, -0.2) is 132 Å². The van der Waals surface area contributed by atoms with Gasteiger partial charge in [0.2, 0.25) is 5.91 Å². The molecule has 2 aromatic carbocycles. The quantitative estimate of drug-likeness (QED) is 0.270. The molecule has 2 aromatic rings. The van der Waals surface area contributed by atoms with Crippen molar-refractivity contribution >= 4 is 29.7 Å². The average Bonchev–Trinajstić information content (AvgIpc) is 3.65. The van der Waals surface area contributed by atoms with E-state index in [0.29, 0.717) is 107 Å². The minimum absolute atomic E-state index is 0.0671. The summed E-state index contributed by atoms with van der Waals surface area (Å²) >= 11 is 0. The number of hydrogen-bond donors (Lipinski definition) is 0. The Morgan fingerprint density at radius 2 is 1.22 bits per heavy atom. The first kappa shape index (κ1) is 43.8. The van der Waals surface area contributed by atoms with Gasteiger partial charge in [0.15, 0.2) is 0 Å². The molecule has 4 saturated heterocycles. The summed E-state index contributed by atoms with van der Waals surface area (Å²) < 4.78 is 38.9. The number of anilines is 1. The lowest BCUT2D eigenvalue weighted by Crippen LogP contribution is -2.50. The third kappa shape index (κ3) is 11.7. The number of piperazine rings is 1. The highest BCUT2D eigenvalue weighted by atomic mass is 19.1. The van der Waals surface area contributed by atoms with Crippen LogP contribution in [0.4, 0.5) is 19.7 Å². The van der Waals surface area contributed by atoms with E-state index in [1.807, 2.05) is 94.4 Å². The Morgan fingerprint density at radius 1 is 0.644 bits per heavy atom. The summed E-state index contributed by atoms with van der Waals surface area (Å²) in [6.45, 7) is 20.2. The Hall–Kier alpha value is -4.75. The number of carbonyl (C=O) groups excluding carboxylic acids is 4. The van der Waals surface area contributed by atoms with Crippen LogP contribution in [0.25, 0.3) is 0 Å². The summed E-state index contributed by atoms with van der Waals surface area (Å²) in [6, 6.07) is 10.4. The number of piperidine rings is 2. The molecule has 0 bridgehead atoms. The first-order valence-corrected chi connectivity index (χ1v) is 21.4. The van der Waals surface area contributed by atoms with Crippen LogP contribution in [0.15, 0.2) is 36.4 Å². The van der Waals surface area contributed by atoms with Gasteiger partial charge < -0.3 is 43.4 Å². The summed E-state index contributed by atoms with van der Waals surface area (Å²) in [7, 11) is 0. The lowest BCUT2D eigenvalue weighted by Gasteiger charge is -2.37. The molecule has 0 aliphatic carbocycles. The number of amides is 4. The summed E-state index contributed by atoms with van der Waals surface area (Å²) in [5, 5.41) is 0. The SMILES string of the molecule is CC(C)C(=O)N1CCC(c2cc(C(=O)N3CCC(Oc4cc(F)cc(N5CCN(C(=O)OC(C)(C)C)CC5)c4)CC3)ccc2O[C@H]2CCN(C(=O)OC(C)(C)C)C2)CC1. The van der Waals surface area contributed by atoms with Crippen LogP contribution < -0.4 is 14.4 Å². The maximum absolute atomic E-state index is 14.9. The molecule has 4 fully saturated rings. The van der Waals surface area contributed by atoms with E-state index in [1.165, 1.54) is 12.1 Å². The van der Waals surface area contributed by atoms with Crippen LogP contribution in [-0.2, 0) is 14.3 Å². The monoisotopic (exact) mass is 821 g/mol. The van der Waals surface area contributed by atoms with Gasteiger partial charge >= 0.3 is 12.2 Å². The predicted octanol–water partition coefficient (Wildman–Crippen LogP) is 7.32. The minimum Gasteiger partial charge on any atom is -0.490 e. The number of ether oxygens (including phenoxy) is 4. The first-order chi connectivity index (χ1) is 27.8. The summed E-state index contributed by atoms with van der Waals surface area (Å²) in [5.41, 5.74) is 1.07. The average molecular weight is 822 g/mol. The largest absolute Gasteiger partial charge is 0.490 e. The van der Waals surface area contributed by atoms with E-state index in [-0.39, 0.29) is 48.0 Å². The Bertz CT molecular complexity index is 1820. The fourth-order valence-electron chi connectivity index (χ4n) is 8.20. The van der Waals surface area contributed by atoms with Crippen molar-refractivity contribution in [3.63, 3.8) is 0 Å². The number of carbonyl (C=O) groups is 4. The van der Waals surface area contributed by atoms with Crippen molar-refractivity contribution in [1.82, 2.24) is 19.6 Å². The van der Waals surface area contributed by atoms with E-state index in [2.05, 4.69) is 0 Å². The summed E-state index contributed by atoms with van der Waals surface area (Å²) in [4.78, 5) is 61.3. The van der Waals surface area contributed by atoms with Gasteiger partial charge in [-0.25, -0.2) is 14.0 Å². The predicted molar refractivity (Wildman–Crippen MR) is 223 cm³/mol. The van der Waals surface area contributed by atoms with Crippen LogP contribution >= 0.6 is 0 Å². The molecule has 6 rings (SSSR count). The van der Waals surface area contributed by atoms with Gasteiger partial charge in [0.1, 0.15) is 40.7 Å². The molecule has 4 aliphatic rings. The van der Waals surface area contributed by atoms with E-state index in [1.54, 1.807) is 9.80 Å². The van der Waals surface area contributed by atoms with Gasteiger partial charge in [0, 0.05) is 107 Å². The molecule has 4 heterocycles. The Kier molecular flexibility index (Phi) is 13.6. The number of halogens is 1. The van der Waals surface area contributed by atoms with E-state index < -0.39 is 17.0 Å². The zero-order chi connectivity index (χ0) is 42.6. The third-order valence-corrected chi connectivity index (χ3v) is 11.3. The zero-order valence-corrected chi connectivity index (χ0v) is 36.3. The van der Waals surface area contributed by atoms with Crippen molar-refractivity contribution in [2.45, 2.75) is 117 Å². The second kappa shape index (κ2) is 18.3. The highest BCUT2D eigenvalue weighted by Gasteiger charge is 2.34. The molecule has 1 atom stereocenters. The fraction of sp³-hybridized carbons (Fsp3) is 0.644. The van der Waals surface area contributed by atoms with Crippen molar-refractivity contribution in [3.05, 3.63) is 53.3 Å². The molecule has 59 heavy (non-hydrogen) atoms. The molecule has 14 heteroatoms. The molecule has 324 valence electrons. The van der Waals surface area contributed by atoms with Gasteiger partial charge in [-0.2, -0.15) is 0 Å². The second-order valence-electron chi connectivity index (χ2n) is 18.7. The lowest BCUT2D eigenvalue weighted by atomic mass is 9.87. The highest BCUT2D eigenvalue weighted by molar-refractivity contribution is 5.94. The number of benzene rings is 2. The number of hydrogen-bond acceptors (Lipinski definition) is 9. The topological polar surface area (TPSA) is 121 Å². The molecule has 0 aromatic heterocycles. The summed E-state index contributed by atoms with van der Waals surface area (Å²) in [5.74, 6) is 0.865. The van der Waals surface area contributed by atoms with Crippen molar-refractivity contribution in [3.8, 4) is 11.5 Å². The fourth-order valence-corrected chi connectivity index (χ4v) is 8.20. The van der Waals surface area contributed by atoms with E-state index in [4.69, 9.17) is 18.9 Å². The van der Waals surface area contributed by atoms with Crippen molar-refractivity contribution in [2.24, 2.45) is 5.92 Å². The number of rotatable bonds is 8. The standard InChI is InChI=1S/C45H64FN5O8/c1-30(2)40(52)48-16-11-31(12-17-48)38-25-32(9-10-39(38)57-36-15-20-51(29-36)43(55)59-45(6,7)8)41(53)49-18-13-35(14-19-49)56-37-27-33(46)26-34(28-37)47-21-23-50(24-22-47)42(54)58-44(3,4)5/h9-10,25-28,30-31,35-36H,11-24,29H2,1-8H3/t36-/m0/s1. The number of nitrogens with zero attached hydrogens (tertiary/aromatic N) is 5. The molecule has 4 aliphatic heterocycles. The van der Waals surface area contributed by atoms with E-state index >= 15 is 0 Å². The third-order valence-electron chi connectivity index (χ3n) is 11.3. The van der Waals surface area contributed by atoms with Crippen LogP contribution in [0.5, 0.6) is 11.5 Å². The van der Waals surface area contributed by atoms with Crippen LogP contribution in [0.1, 0.15) is 109 Å². The molecule has 0 radical (unpaired) electrons. The molecule has 0 spiro atoms. The van der Waals surface area contributed by atoms with Crippen molar-refractivity contribution in [2.75, 3.05) is 70.3 Å². The van der Waals surface area contributed by atoms with Gasteiger partial charge in [-0.1, -0.05) is 13.8 Å². The molecule has 0 saturated carbocycles. The van der Waals surface area contributed by atoms with E-state index in [9.17, 15) is 23.6 Å². The smallest absolute Gasteiger partial charge is 0.410 e. The highest BCUT2D eigenvalue weighted by Crippen LogP contribution is 2.37. The normalized spacial score (nSPS) is 19.9. The molecular formula is C45H64FN5O8. The molecular weight excluding hydrogens is 758 g/mol. The lowest BCUT2D eigenvalue weighted by molar-refractivity contribution is -0.135. The van der Waals surface area contributed by atoms with Gasteiger partial charge in [-0.15, -0.1) is 0 Å². The second-order valence-corrected chi connectivity index (χ2v) is 18.7. The van der Waals surface area contributed by atoms with Gasteiger partial charge in [-0.05, 0) is 90.1 Å². The maximum atomic E-state index is 14.9. The zero-order valence-electron chi connectivity index (χ0n) is 36.3. The van der Waals surface area contributed by atoms with Gasteiger partial charge in [0.25, 0.3) is 5.91 Å². The van der Waals surface area contributed by atoms with Crippen molar-refractivity contribution in [1.29, 1.82) is 0 Å². The number of likely N-dealkylation sites (tertiary alicyclic amines) is 3. The minimum atomic E-state index is -0.588. The Labute approximate surface area is 349 Å². The summed E-state index contributed by atoms with van der Waals surface area (Å²) in [6.07, 6.45) is 2.28. The Balaban J connectivity index is 1.08. The van der Waals surface area contributed by atoms with Crippen LogP contribution in [0, 0.1) is 11.7 Å². The first-order valence-electron chi connectivity index (χ1n) is 21.4. The van der Waals surface area contributed by atoms with E-state index in [0.717, 1.165) is 18.4 Å². The van der Waals surface area contributed by atoms with Gasteiger partial charge in [-0.3, -0.25) is 9.59 Å². The van der Waals surface area contributed by atoms with Gasteiger partial charge in [0.05, 0.1) is 6.54 Å². The molecule has 13 nitrogen and oxygen atoms in total. The Morgan fingerprint density at radius 3 is 1.83 bits per heavy atom. The van der Waals surface area contributed by atoms with Crippen molar-refractivity contribution < 1.29 is 42.5 Å². The molecule has 0 unspecified atom stereocenters. The molecule has 4 amide bonds. The maximum Gasteiger partial charge on any atom is 0.410 e. The molecule has 0 N–H and O–H groups in total. The van der Waals surface area contributed by atoms with Crippen LogP contribution in [0.2, 0.25) is 0 Å². The van der Waals surface area contributed by atoms with Crippen LogP contribution in [0.3, 0.4) is 0 Å².